The summed E-state index contributed by atoms with van der Waals surface area (Å²) in [5.74, 6) is 2.48. The lowest BCUT2D eigenvalue weighted by molar-refractivity contribution is 0.200. The summed E-state index contributed by atoms with van der Waals surface area (Å²) in [5, 5.41) is 0.688. The topological polar surface area (TPSA) is 41.5 Å². The van der Waals surface area contributed by atoms with Crippen LogP contribution in [0, 0.1) is 5.92 Å². The Kier molecular flexibility index (Phi) is 4.77. The van der Waals surface area contributed by atoms with Crippen molar-refractivity contribution in [1.29, 1.82) is 0 Å². The summed E-state index contributed by atoms with van der Waals surface area (Å²) in [5.41, 5.74) is 1.24. The lowest BCUT2D eigenvalue weighted by Gasteiger charge is -2.39. The average molecular weight is 359 g/mol. The third-order valence-electron chi connectivity index (χ3n) is 5.41. The summed E-state index contributed by atoms with van der Waals surface area (Å²) in [6, 6.07) is 8.57. The van der Waals surface area contributed by atoms with Crippen LogP contribution in [0.4, 0.5) is 5.82 Å². The first kappa shape index (κ1) is 16.6. The zero-order valence-corrected chi connectivity index (χ0v) is 15.2. The van der Waals surface area contributed by atoms with Crippen molar-refractivity contribution < 1.29 is 4.74 Å². The van der Waals surface area contributed by atoms with Crippen LogP contribution < -0.4 is 9.64 Å². The number of piperidine rings is 1. The maximum atomic E-state index is 5.97. The molecule has 2 aromatic heterocycles. The molecule has 2 aliphatic rings. The number of hydrogen-bond acceptors (Lipinski definition) is 5. The number of likely N-dealkylation sites (tertiary alicyclic amines) is 1. The fraction of sp³-hybridized carbons (Fsp3) is 0.474. The normalized spacial score (nSPS) is 23.5. The van der Waals surface area contributed by atoms with Crippen LogP contribution in [0.15, 0.2) is 36.7 Å². The molecule has 4 rings (SSSR count). The van der Waals surface area contributed by atoms with Crippen LogP contribution in [0.2, 0.25) is 5.02 Å². The van der Waals surface area contributed by atoms with E-state index >= 15 is 0 Å². The first-order chi connectivity index (χ1) is 12.2. The molecule has 5 nitrogen and oxygen atoms in total. The number of ether oxygens (including phenoxy) is 1. The van der Waals surface area contributed by atoms with E-state index in [1.165, 1.54) is 18.4 Å². The number of anilines is 1. The van der Waals surface area contributed by atoms with Gasteiger partial charge in [-0.15, -0.1) is 0 Å². The highest BCUT2D eigenvalue weighted by Gasteiger charge is 2.38. The highest BCUT2D eigenvalue weighted by atomic mass is 35.5. The van der Waals surface area contributed by atoms with Crippen molar-refractivity contribution >= 4 is 17.4 Å². The van der Waals surface area contributed by atoms with Crippen molar-refractivity contribution in [3.8, 4) is 5.88 Å². The Morgan fingerprint density at radius 1 is 1.12 bits per heavy atom. The molecule has 132 valence electrons. The minimum atomic E-state index is 0.577. The number of rotatable bonds is 4. The molecule has 25 heavy (non-hydrogen) atoms. The van der Waals surface area contributed by atoms with Gasteiger partial charge < -0.3 is 9.64 Å². The highest BCUT2D eigenvalue weighted by molar-refractivity contribution is 6.30. The van der Waals surface area contributed by atoms with Gasteiger partial charge in [-0.3, -0.25) is 4.90 Å². The van der Waals surface area contributed by atoms with Gasteiger partial charge in [0.05, 0.1) is 12.1 Å². The zero-order chi connectivity index (χ0) is 17.2. The molecule has 4 heterocycles. The molecule has 0 aromatic carbocycles. The maximum Gasteiger partial charge on any atom is 0.212 e. The minimum absolute atomic E-state index is 0.577. The van der Waals surface area contributed by atoms with Gasteiger partial charge in [-0.25, -0.2) is 9.97 Å². The van der Waals surface area contributed by atoms with Crippen molar-refractivity contribution in [3.05, 3.63) is 47.2 Å². The van der Waals surface area contributed by atoms with Gasteiger partial charge in [0, 0.05) is 44.1 Å². The Hall–Kier alpha value is -1.85. The van der Waals surface area contributed by atoms with Gasteiger partial charge in [-0.05, 0) is 43.0 Å². The fourth-order valence-electron chi connectivity index (χ4n) is 4.05. The highest BCUT2D eigenvalue weighted by Crippen LogP contribution is 2.34. The quantitative estimate of drug-likeness (QED) is 0.839. The van der Waals surface area contributed by atoms with Crippen molar-refractivity contribution in [2.75, 3.05) is 31.6 Å². The van der Waals surface area contributed by atoms with E-state index in [0.717, 1.165) is 37.9 Å². The van der Waals surface area contributed by atoms with Crippen LogP contribution in [0.5, 0.6) is 5.88 Å². The Morgan fingerprint density at radius 3 is 2.72 bits per heavy atom. The van der Waals surface area contributed by atoms with Crippen molar-refractivity contribution in [3.63, 3.8) is 0 Å². The predicted octanol–water partition coefficient (Wildman–Crippen LogP) is 3.24. The van der Waals surface area contributed by atoms with Crippen LogP contribution in [0.1, 0.15) is 18.4 Å². The van der Waals surface area contributed by atoms with E-state index in [4.69, 9.17) is 16.3 Å². The smallest absolute Gasteiger partial charge is 0.212 e. The molecule has 0 saturated carbocycles. The lowest BCUT2D eigenvalue weighted by Crippen LogP contribution is -2.48. The third-order valence-corrected chi connectivity index (χ3v) is 5.63. The molecule has 6 heteroatoms. The molecule has 2 saturated heterocycles. The lowest BCUT2D eigenvalue weighted by atomic mass is 9.92. The first-order valence-corrected chi connectivity index (χ1v) is 9.20. The van der Waals surface area contributed by atoms with Gasteiger partial charge in [0.2, 0.25) is 5.88 Å². The van der Waals surface area contributed by atoms with Crippen LogP contribution in [-0.2, 0) is 6.54 Å². The Labute approximate surface area is 153 Å². The van der Waals surface area contributed by atoms with E-state index in [2.05, 4.69) is 25.8 Å². The average Bonchev–Trinajstić information content (AvgIpc) is 3.05. The second-order valence-corrected chi connectivity index (χ2v) is 7.30. The standard InChI is InChI=1S/C19H23ClN4O/c1-25-19-5-2-14(10-22-19)12-23-8-6-15-7-9-24(13-17(15)23)18-4-3-16(20)11-21-18/h2-5,10-11,15,17H,6-9,12-13H2,1H3. The second kappa shape index (κ2) is 7.18. The van der Waals surface area contributed by atoms with Gasteiger partial charge in [0.15, 0.2) is 0 Å². The van der Waals surface area contributed by atoms with Crippen LogP contribution in [-0.4, -0.2) is 47.7 Å². The molecule has 2 aromatic rings. The largest absolute Gasteiger partial charge is 0.481 e. The summed E-state index contributed by atoms with van der Waals surface area (Å²) < 4.78 is 5.15. The zero-order valence-electron chi connectivity index (χ0n) is 14.4. The maximum absolute atomic E-state index is 5.97. The van der Waals surface area contributed by atoms with Crippen LogP contribution >= 0.6 is 11.6 Å². The van der Waals surface area contributed by atoms with Crippen LogP contribution in [0.3, 0.4) is 0 Å². The molecule has 0 bridgehead atoms. The van der Waals surface area contributed by atoms with Gasteiger partial charge >= 0.3 is 0 Å². The van der Waals surface area contributed by atoms with Gasteiger partial charge in [-0.2, -0.15) is 0 Å². The van der Waals surface area contributed by atoms with Crippen molar-refractivity contribution in [2.45, 2.75) is 25.4 Å². The fourth-order valence-corrected chi connectivity index (χ4v) is 4.16. The van der Waals surface area contributed by atoms with Gasteiger partial charge in [0.1, 0.15) is 5.82 Å². The summed E-state index contributed by atoms with van der Waals surface area (Å²) in [6.07, 6.45) is 6.17. The monoisotopic (exact) mass is 358 g/mol. The molecule has 0 aliphatic carbocycles. The number of hydrogen-bond donors (Lipinski definition) is 0. The van der Waals surface area contributed by atoms with Crippen LogP contribution in [0.25, 0.3) is 0 Å². The molecule has 0 N–H and O–H groups in total. The molecule has 2 aliphatic heterocycles. The molecular formula is C19H23ClN4O. The van der Waals surface area contributed by atoms with E-state index < -0.39 is 0 Å². The third kappa shape index (κ3) is 3.58. The molecule has 0 amide bonds. The van der Waals surface area contributed by atoms with Gasteiger partial charge in [0.25, 0.3) is 0 Å². The molecular weight excluding hydrogens is 336 g/mol. The summed E-state index contributed by atoms with van der Waals surface area (Å²) >= 11 is 5.97. The number of fused-ring (bicyclic) bond motifs is 1. The molecule has 0 spiro atoms. The Morgan fingerprint density at radius 2 is 2.00 bits per heavy atom. The number of nitrogens with zero attached hydrogens (tertiary/aromatic N) is 4. The minimum Gasteiger partial charge on any atom is -0.481 e. The summed E-state index contributed by atoms with van der Waals surface area (Å²) in [7, 11) is 1.65. The number of aromatic nitrogens is 2. The number of methoxy groups -OCH3 is 1. The summed E-state index contributed by atoms with van der Waals surface area (Å²) in [6.45, 7) is 4.21. The van der Waals surface area contributed by atoms with E-state index in [9.17, 15) is 0 Å². The Bertz CT molecular complexity index is 706. The van der Waals surface area contributed by atoms with E-state index in [1.807, 2.05) is 24.4 Å². The number of pyridine rings is 2. The first-order valence-electron chi connectivity index (χ1n) is 8.82. The summed E-state index contributed by atoms with van der Waals surface area (Å²) in [4.78, 5) is 13.8. The Balaban J connectivity index is 1.45. The molecule has 0 radical (unpaired) electrons. The molecule has 2 fully saturated rings. The SMILES string of the molecule is COc1ccc(CN2CCC3CCN(c4ccc(Cl)cn4)CC32)cn1. The van der Waals surface area contributed by atoms with Crippen molar-refractivity contribution in [2.24, 2.45) is 5.92 Å². The second-order valence-electron chi connectivity index (χ2n) is 6.86. The van der Waals surface area contributed by atoms with Crippen molar-refractivity contribution in [1.82, 2.24) is 14.9 Å². The molecule has 2 atom stereocenters. The van der Waals surface area contributed by atoms with Gasteiger partial charge in [-0.1, -0.05) is 17.7 Å². The predicted molar refractivity (Wildman–Crippen MR) is 99.2 cm³/mol. The van der Waals surface area contributed by atoms with E-state index in [1.54, 1.807) is 13.3 Å². The molecule has 2 unspecified atom stereocenters. The van der Waals surface area contributed by atoms with E-state index in [0.29, 0.717) is 16.9 Å². The number of halogens is 1. The van der Waals surface area contributed by atoms with E-state index in [-0.39, 0.29) is 0 Å².